The van der Waals surface area contributed by atoms with E-state index in [1.54, 1.807) is 6.07 Å². The smallest absolute Gasteiger partial charge is 0.258 e. The first-order valence-corrected chi connectivity index (χ1v) is 7.80. The lowest BCUT2D eigenvalue weighted by Crippen LogP contribution is -2.27. The molecule has 3 rings (SSSR count). The molecule has 1 aliphatic heterocycles. The fourth-order valence-corrected chi connectivity index (χ4v) is 2.99. The van der Waals surface area contributed by atoms with Crippen molar-refractivity contribution in [2.75, 3.05) is 26.1 Å². The fourth-order valence-electron chi connectivity index (χ4n) is 2.99. The van der Waals surface area contributed by atoms with Crippen molar-refractivity contribution in [2.45, 2.75) is 12.6 Å². The van der Waals surface area contributed by atoms with Gasteiger partial charge in [-0.05, 0) is 23.8 Å². The predicted octanol–water partition coefficient (Wildman–Crippen LogP) is 3.12. The molecule has 1 atom stereocenters. The largest absolute Gasteiger partial charge is 0.497 e. The molecule has 0 fully saturated rings. The fraction of sp³-hybridized carbons (Fsp3) is 0.263. The quantitative estimate of drug-likeness (QED) is 0.859. The Morgan fingerprint density at radius 2 is 1.96 bits per heavy atom. The number of nitrogens with zero attached hydrogens (tertiary/aromatic N) is 3. The molecular weight excluding hydrogens is 321 g/mol. The third kappa shape index (κ3) is 2.89. The van der Waals surface area contributed by atoms with Crippen molar-refractivity contribution >= 4 is 11.6 Å². The van der Waals surface area contributed by atoms with Crippen LogP contribution in [0.3, 0.4) is 0 Å². The number of fused-ring (bicyclic) bond motifs is 1. The van der Waals surface area contributed by atoms with Crippen LogP contribution in [0.5, 0.6) is 5.75 Å². The number of anilines is 1. The van der Waals surface area contributed by atoms with Gasteiger partial charge in [0, 0.05) is 38.0 Å². The lowest BCUT2D eigenvalue weighted by molar-refractivity contribution is 0.0741. The van der Waals surface area contributed by atoms with Gasteiger partial charge in [0.25, 0.3) is 5.91 Å². The van der Waals surface area contributed by atoms with E-state index in [2.05, 4.69) is 6.07 Å². The number of carbonyl (C=O) groups excluding carboxylic acids is 1. The number of ether oxygens (including phenoxy) is 1. The first-order chi connectivity index (χ1) is 12.0. The summed E-state index contributed by atoms with van der Waals surface area (Å²) in [5, 5.41) is 9.54. The molecule has 1 aliphatic rings. The zero-order valence-electron chi connectivity index (χ0n) is 14.3. The number of nitriles is 1. The number of rotatable bonds is 4. The molecule has 1 amide bonds. The monoisotopic (exact) mass is 339 g/mol. The molecule has 0 aliphatic carbocycles. The van der Waals surface area contributed by atoms with Crippen LogP contribution in [0.25, 0.3) is 0 Å². The molecule has 0 saturated carbocycles. The molecule has 0 N–H and O–H groups in total. The Kier molecular flexibility index (Phi) is 4.32. The minimum atomic E-state index is -0.833. The topological polar surface area (TPSA) is 56.6 Å². The zero-order chi connectivity index (χ0) is 18.1. The van der Waals surface area contributed by atoms with Crippen molar-refractivity contribution in [3.05, 3.63) is 58.9 Å². The highest BCUT2D eigenvalue weighted by Crippen LogP contribution is 2.38. The van der Waals surface area contributed by atoms with Crippen molar-refractivity contribution in [1.82, 2.24) is 4.90 Å². The maximum atomic E-state index is 14.3. The van der Waals surface area contributed by atoms with E-state index in [9.17, 15) is 14.4 Å². The third-order valence-electron chi connectivity index (χ3n) is 4.34. The first kappa shape index (κ1) is 16.8. The summed E-state index contributed by atoms with van der Waals surface area (Å²) in [7, 11) is 5.30. The van der Waals surface area contributed by atoms with Gasteiger partial charge in [-0.1, -0.05) is 12.1 Å². The van der Waals surface area contributed by atoms with Crippen molar-refractivity contribution in [1.29, 1.82) is 5.26 Å². The van der Waals surface area contributed by atoms with Crippen LogP contribution in [-0.4, -0.2) is 32.0 Å². The lowest BCUT2D eigenvalue weighted by atomic mass is 10.0. The molecule has 1 heterocycles. The van der Waals surface area contributed by atoms with Gasteiger partial charge < -0.3 is 14.5 Å². The van der Waals surface area contributed by atoms with Crippen molar-refractivity contribution in [3.63, 3.8) is 0 Å². The highest BCUT2D eigenvalue weighted by Gasteiger charge is 2.39. The maximum absolute atomic E-state index is 14.3. The number of hydrogen-bond donors (Lipinski definition) is 0. The Labute approximate surface area is 145 Å². The normalized spacial score (nSPS) is 15.7. The van der Waals surface area contributed by atoms with Crippen LogP contribution in [-0.2, 0) is 6.54 Å². The second kappa shape index (κ2) is 6.44. The Morgan fingerprint density at radius 3 is 2.52 bits per heavy atom. The summed E-state index contributed by atoms with van der Waals surface area (Å²) in [4.78, 5) is 16.0. The average molecular weight is 339 g/mol. The van der Waals surface area contributed by atoms with Crippen LogP contribution in [0.4, 0.5) is 10.1 Å². The van der Waals surface area contributed by atoms with Crippen LogP contribution in [0, 0.1) is 17.1 Å². The van der Waals surface area contributed by atoms with Crippen LogP contribution in [0.2, 0.25) is 0 Å². The number of carbonyl (C=O) groups is 1. The van der Waals surface area contributed by atoms with E-state index < -0.39 is 17.8 Å². The molecule has 5 nitrogen and oxygen atoms in total. The number of amides is 1. The highest BCUT2D eigenvalue weighted by molar-refractivity contribution is 6.00. The van der Waals surface area contributed by atoms with E-state index in [-0.39, 0.29) is 12.1 Å². The molecule has 0 radical (unpaired) electrons. The van der Waals surface area contributed by atoms with Gasteiger partial charge in [0.1, 0.15) is 17.6 Å². The van der Waals surface area contributed by atoms with Gasteiger partial charge in [0.2, 0.25) is 0 Å². The van der Waals surface area contributed by atoms with Gasteiger partial charge in [-0.3, -0.25) is 4.79 Å². The molecule has 1 unspecified atom stereocenters. The Hall–Kier alpha value is -3.07. The van der Waals surface area contributed by atoms with E-state index in [4.69, 9.17) is 4.74 Å². The molecule has 0 bridgehead atoms. The summed E-state index contributed by atoms with van der Waals surface area (Å²) in [6.45, 7) is 0.237. The SMILES string of the molecule is COc1cc(F)c2c(c1)C(C#N)N(Cc1ccc(N(C)C)cc1)C2=O. The van der Waals surface area contributed by atoms with Gasteiger partial charge >= 0.3 is 0 Å². The minimum absolute atomic E-state index is 0.0442. The molecule has 2 aromatic rings. The van der Waals surface area contributed by atoms with E-state index in [0.717, 1.165) is 11.3 Å². The van der Waals surface area contributed by atoms with Gasteiger partial charge in [-0.2, -0.15) is 5.26 Å². The summed E-state index contributed by atoms with van der Waals surface area (Å²) in [6.07, 6.45) is 0. The molecule has 0 saturated heterocycles. The first-order valence-electron chi connectivity index (χ1n) is 7.80. The van der Waals surface area contributed by atoms with E-state index in [1.807, 2.05) is 43.3 Å². The summed E-state index contributed by atoms with van der Waals surface area (Å²) < 4.78 is 19.4. The van der Waals surface area contributed by atoms with Crippen molar-refractivity contribution in [2.24, 2.45) is 0 Å². The lowest BCUT2D eigenvalue weighted by Gasteiger charge is -2.21. The molecule has 2 aromatic carbocycles. The number of benzene rings is 2. The average Bonchev–Trinajstić information content (AvgIpc) is 2.87. The highest BCUT2D eigenvalue weighted by atomic mass is 19.1. The second-order valence-corrected chi connectivity index (χ2v) is 6.10. The van der Waals surface area contributed by atoms with Gasteiger partial charge in [0.15, 0.2) is 0 Å². The van der Waals surface area contributed by atoms with E-state index in [0.29, 0.717) is 11.3 Å². The molecule has 0 aromatic heterocycles. The van der Waals surface area contributed by atoms with Crippen molar-refractivity contribution in [3.8, 4) is 11.8 Å². The van der Waals surface area contributed by atoms with Crippen LogP contribution in [0.1, 0.15) is 27.5 Å². The molecular formula is C19H18FN3O2. The minimum Gasteiger partial charge on any atom is -0.497 e. The van der Waals surface area contributed by atoms with Crippen LogP contribution in [0.15, 0.2) is 36.4 Å². The number of halogens is 1. The van der Waals surface area contributed by atoms with Gasteiger partial charge in [0.05, 0.1) is 18.7 Å². The van der Waals surface area contributed by atoms with E-state index in [1.165, 1.54) is 18.1 Å². The molecule has 6 heteroatoms. The Balaban J connectivity index is 1.94. The summed E-state index contributed by atoms with van der Waals surface area (Å²) in [5.41, 5.74) is 2.22. The molecule has 128 valence electrons. The standard InChI is InChI=1S/C19H18FN3O2/c1-22(2)13-6-4-12(5-7-13)11-23-17(10-21)15-8-14(25-3)9-16(20)18(15)19(23)24/h4-9,17H,11H2,1-3H3. The predicted molar refractivity (Wildman–Crippen MR) is 91.9 cm³/mol. The second-order valence-electron chi connectivity index (χ2n) is 6.10. The summed E-state index contributed by atoms with van der Waals surface area (Å²) in [6, 6.07) is 11.7. The van der Waals surface area contributed by atoms with Crippen LogP contribution < -0.4 is 9.64 Å². The molecule has 25 heavy (non-hydrogen) atoms. The van der Waals surface area contributed by atoms with Crippen molar-refractivity contribution < 1.29 is 13.9 Å². The van der Waals surface area contributed by atoms with Gasteiger partial charge in [-0.15, -0.1) is 0 Å². The zero-order valence-corrected chi connectivity index (χ0v) is 14.3. The van der Waals surface area contributed by atoms with E-state index >= 15 is 0 Å². The Morgan fingerprint density at radius 1 is 1.28 bits per heavy atom. The number of hydrogen-bond acceptors (Lipinski definition) is 4. The summed E-state index contributed by atoms with van der Waals surface area (Å²) in [5.74, 6) is -0.843. The molecule has 0 spiro atoms. The van der Waals surface area contributed by atoms with Crippen LogP contribution >= 0.6 is 0 Å². The summed E-state index contributed by atoms with van der Waals surface area (Å²) >= 11 is 0. The number of methoxy groups -OCH3 is 1. The maximum Gasteiger partial charge on any atom is 0.258 e. The Bertz CT molecular complexity index is 856. The van der Waals surface area contributed by atoms with Gasteiger partial charge in [-0.25, -0.2) is 4.39 Å². The third-order valence-corrected chi connectivity index (χ3v) is 4.34.